The van der Waals surface area contributed by atoms with Gasteiger partial charge in [0, 0.05) is 5.56 Å². The number of hydrogen-bond donors (Lipinski definition) is 1. The lowest BCUT2D eigenvalue weighted by molar-refractivity contribution is 0.102. The number of halogens is 1. The Morgan fingerprint density at radius 1 is 1.26 bits per heavy atom. The van der Waals surface area contributed by atoms with Crippen molar-refractivity contribution in [1.29, 1.82) is 5.26 Å². The number of aryl methyl sites for hydroxylation is 1. The highest BCUT2D eigenvalue weighted by Crippen LogP contribution is 2.16. The minimum atomic E-state index is -0.370. The summed E-state index contributed by atoms with van der Waals surface area (Å²) in [6.45, 7) is 1.59. The number of para-hydroxylation sites is 1. The van der Waals surface area contributed by atoms with Gasteiger partial charge in [0.25, 0.3) is 5.91 Å². The van der Waals surface area contributed by atoms with Crippen LogP contribution in [0.15, 0.2) is 42.5 Å². The number of hydrogen-bond acceptors (Lipinski definition) is 2. The van der Waals surface area contributed by atoms with E-state index in [2.05, 4.69) is 5.32 Å². The van der Waals surface area contributed by atoms with Gasteiger partial charge in [0.15, 0.2) is 0 Å². The molecule has 0 aliphatic heterocycles. The van der Waals surface area contributed by atoms with E-state index < -0.39 is 0 Å². The highest BCUT2D eigenvalue weighted by molar-refractivity contribution is 6.05. The maximum Gasteiger partial charge on any atom is 0.255 e. The molecule has 19 heavy (non-hydrogen) atoms. The van der Waals surface area contributed by atoms with E-state index in [9.17, 15) is 9.18 Å². The first-order chi connectivity index (χ1) is 9.11. The Morgan fingerprint density at radius 3 is 2.68 bits per heavy atom. The van der Waals surface area contributed by atoms with E-state index in [0.29, 0.717) is 22.4 Å². The number of benzene rings is 2. The quantitative estimate of drug-likeness (QED) is 0.894. The number of nitrogens with zero attached hydrogens (tertiary/aromatic N) is 1. The van der Waals surface area contributed by atoms with Crippen molar-refractivity contribution >= 4 is 11.6 Å². The predicted molar refractivity (Wildman–Crippen MR) is 70.2 cm³/mol. The Labute approximate surface area is 110 Å². The Kier molecular flexibility index (Phi) is 3.58. The molecule has 0 saturated carbocycles. The largest absolute Gasteiger partial charge is 0.321 e. The molecule has 3 nitrogen and oxygen atoms in total. The fourth-order valence-electron chi connectivity index (χ4n) is 1.67. The molecule has 2 rings (SSSR count). The van der Waals surface area contributed by atoms with Gasteiger partial charge < -0.3 is 5.32 Å². The van der Waals surface area contributed by atoms with Gasteiger partial charge in [0.1, 0.15) is 11.9 Å². The minimum absolute atomic E-state index is 0.353. The van der Waals surface area contributed by atoms with Crippen molar-refractivity contribution in [2.24, 2.45) is 0 Å². The van der Waals surface area contributed by atoms with Crippen molar-refractivity contribution < 1.29 is 9.18 Å². The van der Waals surface area contributed by atoms with Gasteiger partial charge in [-0.15, -0.1) is 0 Å². The fourth-order valence-corrected chi connectivity index (χ4v) is 1.67. The first kappa shape index (κ1) is 12.8. The van der Waals surface area contributed by atoms with Gasteiger partial charge in [-0.2, -0.15) is 5.26 Å². The summed E-state index contributed by atoms with van der Waals surface area (Å²) in [5, 5.41) is 11.6. The molecule has 0 unspecified atom stereocenters. The van der Waals surface area contributed by atoms with E-state index in [1.165, 1.54) is 18.2 Å². The second-order valence-electron chi connectivity index (χ2n) is 4.08. The van der Waals surface area contributed by atoms with Gasteiger partial charge >= 0.3 is 0 Å². The van der Waals surface area contributed by atoms with Gasteiger partial charge in [-0.3, -0.25) is 4.79 Å². The summed E-state index contributed by atoms with van der Waals surface area (Å²) in [4.78, 5) is 12.0. The van der Waals surface area contributed by atoms with Crippen LogP contribution in [0.25, 0.3) is 0 Å². The van der Waals surface area contributed by atoms with Gasteiger partial charge in [0.05, 0.1) is 11.3 Å². The summed E-state index contributed by atoms with van der Waals surface area (Å²) in [7, 11) is 0. The van der Waals surface area contributed by atoms with Crippen molar-refractivity contribution in [3.63, 3.8) is 0 Å². The molecule has 0 aliphatic rings. The molecule has 94 valence electrons. The minimum Gasteiger partial charge on any atom is -0.321 e. The first-order valence-electron chi connectivity index (χ1n) is 5.68. The number of nitrogens with one attached hydrogen (secondary N) is 1. The third-order valence-corrected chi connectivity index (χ3v) is 2.72. The molecular weight excluding hydrogens is 243 g/mol. The topological polar surface area (TPSA) is 52.9 Å². The number of anilines is 1. The Morgan fingerprint density at radius 2 is 2.00 bits per heavy atom. The maximum absolute atomic E-state index is 13.1. The average molecular weight is 254 g/mol. The third kappa shape index (κ3) is 2.78. The van der Waals surface area contributed by atoms with Crippen molar-refractivity contribution in [3.8, 4) is 6.07 Å². The Balaban J connectivity index is 2.26. The number of nitriles is 1. The molecule has 2 aromatic carbocycles. The van der Waals surface area contributed by atoms with E-state index in [1.54, 1.807) is 31.2 Å². The van der Waals surface area contributed by atoms with Crippen LogP contribution >= 0.6 is 0 Å². The molecular formula is C15H11FN2O. The van der Waals surface area contributed by atoms with Crippen molar-refractivity contribution in [3.05, 3.63) is 65.0 Å². The Bertz CT molecular complexity index is 674. The average Bonchev–Trinajstić information content (AvgIpc) is 2.42. The van der Waals surface area contributed by atoms with Crippen LogP contribution < -0.4 is 5.32 Å². The van der Waals surface area contributed by atoms with Gasteiger partial charge in [-0.1, -0.05) is 12.1 Å². The summed E-state index contributed by atoms with van der Waals surface area (Å²) in [5.74, 6) is -0.722. The maximum atomic E-state index is 13.1. The van der Waals surface area contributed by atoms with Crippen LogP contribution in [-0.2, 0) is 0 Å². The number of carbonyl (C=O) groups is 1. The molecule has 4 heteroatoms. The standard InChI is InChI=1S/C15H11FN2O/c1-10-8-11(6-7-13(10)16)15(19)18-14-5-3-2-4-12(14)9-17/h2-8H,1H3,(H,18,19). The normalized spacial score (nSPS) is 9.74. The van der Waals surface area contributed by atoms with E-state index in [4.69, 9.17) is 5.26 Å². The zero-order valence-electron chi connectivity index (χ0n) is 10.3. The van der Waals surface area contributed by atoms with Crippen molar-refractivity contribution in [1.82, 2.24) is 0 Å². The fraction of sp³-hybridized carbons (Fsp3) is 0.0667. The van der Waals surface area contributed by atoms with Crippen molar-refractivity contribution in [2.75, 3.05) is 5.32 Å². The molecule has 2 aromatic rings. The SMILES string of the molecule is Cc1cc(C(=O)Nc2ccccc2C#N)ccc1F. The van der Waals surface area contributed by atoms with E-state index in [1.807, 2.05) is 6.07 Å². The van der Waals surface area contributed by atoms with Crippen molar-refractivity contribution in [2.45, 2.75) is 6.92 Å². The second kappa shape index (κ2) is 5.32. The van der Waals surface area contributed by atoms with E-state index >= 15 is 0 Å². The molecule has 0 aromatic heterocycles. The van der Waals surface area contributed by atoms with E-state index in [-0.39, 0.29) is 11.7 Å². The molecule has 1 N–H and O–H groups in total. The van der Waals surface area contributed by atoms with Crippen LogP contribution in [0.1, 0.15) is 21.5 Å². The van der Waals surface area contributed by atoms with Gasteiger partial charge in [0.2, 0.25) is 0 Å². The molecule has 0 radical (unpaired) electrons. The molecule has 1 amide bonds. The lowest BCUT2D eigenvalue weighted by Crippen LogP contribution is -2.13. The van der Waals surface area contributed by atoms with Crippen LogP contribution in [0.4, 0.5) is 10.1 Å². The van der Waals surface area contributed by atoms with E-state index in [0.717, 1.165) is 0 Å². The number of amides is 1. The molecule has 0 fully saturated rings. The zero-order chi connectivity index (χ0) is 13.8. The zero-order valence-corrected chi connectivity index (χ0v) is 10.3. The summed E-state index contributed by atoms with van der Waals surface area (Å²) < 4.78 is 13.1. The lowest BCUT2D eigenvalue weighted by atomic mass is 10.1. The van der Waals surface area contributed by atoms with Gasteiger partial charge in [-0.05, 0) is 42.8 Å². The van der Waals surface area contributed by atoms with Crippen LogP contribution in [0.2, 0.25) is 0 Å². The first-order valence-corrected chi connectivity index (χ1v) is 5.68. The third-order valence-electron chi connectivity index (χ3n) is 2.72. The predicted octanol–water partition coefficient (Wildman–Crippen LogP) is 3.26. The highest BCUT2D eigenvalue weighted by atomic mass is 19.1. The number of carbonyl (C=O) groups excluding carboxylic acids is 1. The molecule has 0 aliphatic carbocycles. The summed E-state index contributed by atoms with van der Waals surface area (Å²) >= 11 is 0. The second-order valence-corrected chi connectivity index (χ2v) is 4.08. The Hall–Kier alpha value is -2.67. The summed E-state index contributed by atoms with van der Waals surface area (Å²) in [5.41, 5.74) is 1.58. The van der Waals surface area contributed by atoms with Crippen LogP contribution in [-0.4, -0.2) is 5.91 Å². The smallest absolute Gasteiger partial charge is 0.255 e. The summed E-state index contributed by atoms with van der Waals surface area (Å²) in [6.07, 6.45) is 0. The molecule has 0 spiro atoms. The lowest BCUT2D eigenvalue weighted by Gasteiger charge is -2.07. The molecule has 0 saturated heterocycles. The van der Waals surface area contributed by atoms with Crippen LogP contribution in [0.5, 0.6) is 0 Å². The monoisotopic (exact) mass is 254 g/mol. The summed E-state index contributed by atoms with van der Waals surface area (Å²) in [6, 6.07) is 12.8. The molecule has 0 atom stereocenters. The van der Waals surface area contributed by atoms with Crippen LogP contribution in [0, 0.1) is 24.1 Å². The van der Waals surface area contributed by atoms with Crippen LogP contribution in [0.3, 0.4) is 0 Å². The number of rotatable bonds is 2. The van der Waals surface area contributed by atoms with Gasteiger partial charge in [-0.25, -0.2) is 4.39 Å². The molecule has 0 heterocycles. The molecule has 0 bridgehead atoms. The highest BCUT2D eigenvalue weighted by Gasteiger charge is 2.10.